The fraction of sp³-hybridized carbons (Fsp3) is 0.294. The van der Waals surface area contributed by atoms with Crippen molar-refractivity contribution < 1.29 is 26.4 Å². The highest BCUT2D eigenvalue weighted by molar-refractivity contribution is 7.92. The average molecular weight is 384 g/mol. The van der Waals surface area contributed by atoms with Gasteiger partial charge in [-0.2, -0.15) is 13.2 Å². The van der Waals surface area contributed by atoms with Crippen molar-refractivity contribution in [3.05, 3.63) is 53.7 Å². The van der Waals surface area contributed by atoms with Crippen LogP contribution in [0.4, 0.5) is 18.9 Å². The largest absolute Gasteiger partial charge is 0.417 e. The molecule has 3 rings (SSSR count). The summed E-state index contributed by atoms with van der Waals surface area (Å²) in [6.45, 7) is 0.395. The first-order chi connectivity index (χ1) is 12.2. The highest BCUT2D eigenvalue weighted by atomic mass is 32.2. The first kappa shape index (κ1) is 18.4. The number of nitrogens with zero attached hydrogens (tertiary/aromatic N) is 2. The first-order valence-electron chi connectivity index (χ1n) is 7.83. The van der Waals surface area contributed by atoms with E-state index in [9.17, 15) is 26.4 Å². The Morgan fingerprint density at radius 1 is 1.15 bits per heavy atom. The molecule has 0 N–H and O–H groups in total. The van der Waals surface area contributed by atoms with Crippen molar-refractivity contribution in [1.29, 1.82) is 0 Å². The summed E-state index contributed by atoms with van der Waals surface area (Å²) in [5.41, 5.74) is 0.573. The number of para-hydroxylation sites is 1. The fourth-order valence-electron chi connectivity index (χ4n) is 2.84. The molecule has 0 aliphatic carbocycles. The van der Waals surface area contributed by atoms with Gasteiger partial charge in [0.05, 0.1) is 5.56 Å². The lowest BCUT2D eigenvalue weighted by Gasteiger charge is -2.29. The number of halogens is 3. The second kappa shape index (κ2) is 6.71. The number of alkyl halides is 3. The molecule has 0 atom stereocenters. The molecule has 0 saturated heterocycles. The summed E-state index contributed by atoms with van der Waals surface area (Å²) in [6, 6.07) is 8.64. The van der Waals surface area contributed by atoms with Crippen LogP contribution < -0.4 is 4.90 Å². The second-order valence-corrected chi connectivity index (χ2v) is 7.86. The molecule has 1 aromatic heterocycles. The minimum Gasteiger partial charge on any atom is -0.311 e. The number of rotatable bonds is 3. The minimum atomic E-state index is -4.61. The first-order valence-corrected chi connectivity index (χ1v) is 9.48. The van der Waals surface area contributed by atoms with E-state index in [0.29, 0.717) is 30.9 Å². The maximum Gasteiger partial charge on any atom is 0.417 e. The maximum atomic E-state index is 12.6. The topological polar surface area (TPSA) is 67.3 Å². The fourth-order valence-corrected chi connectivity index (χ4v) is 3.96. The van der Waals surface area contributed by atoms with Crippen LogP contribution in [0.3, 0.4) is 0 Å². The van der Waals surface area contributed by atoms with Crippen molar-refractivity contribution in [3.8, 4) is 0 Å². The summed E-state index contributed by atoms with van der Waals surface area (Å²) in [4.78, 5) is 17.3. The van der Waals surface area contributed by atoms with Crippen LogP contribution in [0.1, 0.15) is 17.5 Å². The van der Waals surface area contributed by atoms with Gasteiger partial charge in [-0.15, -0.1) is 0 Å². The molecule has 0 radical (unpaired) electrons. The Balaban J connectivity index is 1.81. The summed E-state index contributed by atoms with van der Waals surface area (Å²) < 4.78 is 62.4. The molecule has 2 aromatic rings. The van der Waals surface area contributed by atoms with Gasteiger partial charge in [0.1, 0.15) is 5.75 Å². The lowest BCUT2D eigenvalue weighted by molar-refractivity contribution is -0.137. The second-order valence-electron chi connectivity index (χ2n) is 5.92. The summed E-state index contributed by atoms with van der Waals surface area (Å²) >= 11 is 0. The number of carbonyl (C=O) groups is 1. The Kier molecular flexibility index (Phi) is 4.74. The van der Waals surface area contributed by atoms with Crippen molar-refractivity contribution in [2.45, 2.75) is 24.0 Å². The van der Waals surface area contributed by atoms with Crippen LogP contribution in [0, 0.1) is 0 Å². The highest BCUT2D eigenvalue weighted by Gasteiger charge is 2.32. The quantitative estimate of drug-likeness (QED) is 0.816. The van der Waals surface area contributed by atoms with Gasteiger partial charge in [0, 0.05) is 18.4 Å². The summed E-state index contributed by atoms with van der Waals surface area (Å²) in [6.07, 6.45) is -2.65. The molecule has 0 spiro atoms. The number of hydrogen-bond acceptors (Lipinski definition) is 4. The van der Waals surface area contributed by atoms with Gasteiger partial charge in [-0.3, -0.25) is 4.79 Å². The number of aryl methyl sites for hydroxylation is 1. The maximum absolute atomic E-state index is 12.6. The molecule has 5 nitrogen and oxygen atoms in total. The van der Waals surface area contributed by atoms with Crippen LogP contribution >= 0.6 is 0 Å². The molecule has 1 aromatic carbocycles. The van der Waals surface area contributed by atoms with Crippen molar-refractivity contribution in [2.75, 3.05) is 17.2 Å². The number of hydrogen-bond donors (Lipinski definition) is 0. The Bertz CT molecular complexity index is 925. The number of aromatic nitrogens is 1. The Morgan fingerprint density at radius 3 is 2.54 bits per heavy atom. The Labute approximate surface area is 148 Å². The van der Waals surface area contributed by atoms with Crippen molar-refractivity contribution in [2.24, 2.45) is 0 Å². The van der Waals surface area contributed by atoms with Crippen molar-refractivity contribution in [3.63, 3.8) is 0 Å². The van der Waals surface area contributed by atoms with Gasteiger partial charge in [-0.1, -0.05) is 18.2 Å². The lowest BCUT2D eigenvalue weighted by atomic mass is 10.0. The molecule has 0 fully saturated rings. The van der Waals surface area contributed by atoms with Crippen LogP contribution in [0.2, 0.25) is 0 Å². The molecule has 2 heterocycles. The zero-order valence-electron chi connectivity index (χ0n) is 13.5. The molecule has 0 saturated carbocycles. The zero-order chi connectivity index (χ0) is 18.9. The van der Waals surface area contributed by atoms with E-state index >= 15 is 0 Å². The number of fused-ring (bicyclic) bond motifs is 1. The molecule has 0 unspecified atom stereocenters. The van der Waals surface area contributed by atoms with E-state index in [2.05, 4.69) is 4.98 Å². The van der Waals surface area contributed by atoms with Crippen LogP contribution in [0.15, 0.2) is 47.6 Å². The number of anilines is 1. The molecule has 1 amide bonds. The third-order valence-electron chi connectivity index (χ3n) is 4.11. The predicted octanol–water partition coefficient (Wildman–Crippen LogP) is 2.85. The Hall–Kier alpha value is -2.42. The summed E-state index contributed by atoms with van der Waals surface area (Å²) in [7, 11) is -4.14. The smallest absolute Gasteiger partial charge is 0.311 e. The van der Waals surface area contributed by atoms with Crippen LogP contribution in [-0.2, 0) is 27.2 Å². The lowest BCUT2D eigenvalue weighted by Crippen LogP contribution is -2.39. The van der Waals surface area contributed by atoms with Crippen molar-refractivity contribution >= 4 is 21.4 Å². The van der Waals surface area contributed by atoms with Crippen molar-refractivity contribution in [1.82, 2.24) is 4.98 Å². The average Bonchev–Trinajstić information content (AvgIpc) is 2.60. The normalized spacial score (nSPS) is 14.8. The molecular formula is C17H15F3N2O3S. The van der Waals surface area contributed by atoms with E-state index in [4.69, 9.17) is 0 Å². The zero-order valence-corrected chi connectivity index (χ0v) is 14.3. The molecule has 138 valence electrons. The van der Waals surface area contributed by atoms with Gasteiger partial charge >= 0.3 is 6.18 Å². The summed E-state index contributed by atoms with van der Waals surface area (Å²) in [5, 5.41) is -0.552. The van der Waals surface area contributed by atoms with Gasteiger partial charge in [0.2, 0.25) is 15.7 Å². The van der Waals surface area contributed by atoms with Gasteiger partial charge in [-0.25, -0.2) is 13.4 Å². The third-order valence-corrected chi connectivity index (χ3v) is 5.61. The van der Waals surface area contributed by atoms with Gasteiger partial charge in [0.25, 0.3) is 0 Å². The summed E-state index contributed by atoms with van der Waals surface area (Å²) in [5.74, 6) is -1.47. The number of sulfone groups is 1. The molecule has 1 aliphatic rings. The van der Waals surface area contributed by atoms with E-state index in [0.717, 1.165) is 18.1 Å². The van der Waals surface area contributed by atoms with Gasteiger partial charge in [0.15, 0.2) is 5.03 Å². The van der Waals surface area contributed by atoms with E-state index in [1.165, 1.54) is 4.90 Å². The van der Waals surface area contributed by atoms with Crippen LogP contribution in [0.5, 0.6) is 0 Å². The van der Waals surface area contributed by atoms with E-state index in [1.807, 2.05) is 12.1 Å². The number of carbonyl (C=O) groups excluding carboxylic acids is 1. The van der Waals surface area contributed by atoms with Gasteiger partial charge in [-0.05, 0) is 36.6 Å². The molecular weight excluding hydrogens is 369 g/mol. The van der Waals surface area contributed by atoms with Crippen LogP contribution in [0.25, 0.3) is 0 Å². The highest BCUT2D eigenvalue weighted by Crippen LogP contribution is 2.29. The molecule has 26 heavy (non-hydrogen) atoms. The monoisotopic (exact) mass is 384 g/mol. The number of amides is 1. The SMILES string of the molecule is O=C(CS(=O)(=O)c1ccc(C(F)(F)F)cn1)N1CCCc2ccccc21. The predicted molar refractivity (Wildman–Crippen MR) is 88.4 cm³/mol. The van der Waals surface area contributed by atoms with E-state index < -0.39 is 38.3 Å². The molecule has 0 bridgehead atoms. The molecule has 1 aliphatic heterocycles. The number of pyridine rings is 1. The van der Waals surface area contributed by atoms with E-state index in [-0.39, 0.29) is 0 Å². The Morgan fingerprint density at radius 2 is 1.88 bits per heavy atom. The standard InChI is InChI=1S/C17H15F3N2O3S/c18-17(19,20)13-7-8-15(21-10-13)26(24,25)11-16(23)22-9-3-5-12-4-1-2-6-14(12)22/h1-2,4,6-8,10H,3,5,9,11H2. The van der Waals surface area contributed by atoms with E-state index in [1.54, 1.807) is 12.1 Å². The minimum absolute atomic E-state index is 0.395. The third kappa shape index (κ3) is 3.72. The number of benzene rings is 1. The van der Waals surface area contributed by atoms with Crippen LogP contribution in [-0.4, -0.2) is 31.6 Å². The molecule has 9 heteroatoms. The van der Waals surface area contributed by atoms with Gasteiger partial charge < -0.3 is 4.90 Å².